The van der Waals surface area contributed by atoms with Gasteiger partial charge in [0.1, 0.15) is 0 Å². The number of rotatable bonds is 5. The maximum Gasteiger partial charge on any atom is 0.0985 e. The fourth-order valence-electron chi connectivity index (χ4n) is 9.29. The Kier molecular flexibility index (Phi) is 6.17. The van der Waals surface area contributed by atoms with Crippen molar-refractivity contribution in [2.75, 3.05) is 0 Å². The molecule has 0 aliphatic heterocycles. The summed E-state index contributed by atoms with van der Waals surface area (Å²) in [6.07, 6.45) is 10.7. The molecule has 10 atom stereocenters. The van der Waals surface area contributed by atoms with Gasteiger partial charge in [-0.15, -0.1) is 0 Å². The number of hydrogen-bond donors (Lipinski definition) is 3. The number of fused-ring (bicyclic) bond motifs is 5. The first-order valence-corrected chi connectivity index (χ1v) is 13.1. The van der Waals surface area contributed by atoms with Crippen molar-refractivity contribution in [1.29, 1.82) is 0 Å². The summed E-state index contributed by atoms with van der Waals surface area (Å²) in [6, 6.07) is 0. The summed E-state index contributed by atoms with van der Waals surface area (Å²) in [4.78, 5) is 0. The van der Waals surface area contributed by atoms with Gasteiger partial charge < -0.3 is 15.3 Å². The molecule has 4 aliphatic carbocycles. The van der Waals surface area contributed by atoms with Gasteiger partial charge in [0.15, 0.2) is 0 Å². The first-order chi connectivity index (χ1) is 14.0. The molecule has 4 fully saturated rings. The van der Waals surface area contributed by atoms with E-state index in [1.54, 1.807) is 0 Å². The largest absolute Gasteiger partial charge is 0.393 e. The van der Waals surface area contributed by atoms with E-state index in [0.29, 0.717) is 29.6 Å². The van der Waals surface area contributed by atoms with Gasteiger partial charge in [0.2, 0.25) is 0 Å². The maximum atomic E-state index is 11.6. The third-order valence-corrected chi connectivity index (χ3v) is 11.0. The first kappa shape index (κ1) is 23.1. The fraction of sp³-hybridized carbons (Fsp3) is 1.00. The molecule has 3 heteroatoms. The van der Waals surface area contributed by atoms with Gasteiger partial charge in [0.05, 0.1) is 17.8 Å². The zero-order valence-electron chi connectivity index (χ0n) is 20.2. The van der Waals surface area contributed by atoms with E-state index < -0.39 is 17.8 Å². The average molecular weight is 421 g/mol. The van der Waals surface area contributed by atoms with Gasteiger partial charge >= 0.3 is 0 Å². The molecule has 4 saturated carbocycles. The fourth-order valence-corrected chi connectivity index (χ4v) is 9.29. The maximum absolute atomic E-state index is 11.6. The molecule has 0 aromatic heterocycles. The minimum atomic E-state index is -1.11. The van der Waals surface area contributed by atoms with Crippen molar-refractivity contribution in [3.8, 4) is 0 Å². The van der Waals surface area contributed by atoms with E-state index >= 15 is 0 Å². The third kappa shape index (κ3) is 3.41. The molecule has 3 N–H and O–H groups in total. The van der Waals surface area contributed by atoms with Gasteiger partial charge in [-0.1, -0.05) is 53.9 Å². The van der Waals surface area contributed by atoms with Crippen molar-refractivity contribution in [1.82, 2.24) is 0 Å². The van der Waals surface area contributed by atoms with Crippen LogP contribution in [0.3, 0.4) is 0 Å². The minimum absolute atomic E-state index is 0.253. The molecule has 0 radical (unpaired) electrons. The monoisotopic (exact) mass is 420 g/mol. The van der Waals surface area contributed by atoms with E-state index in [-0.39, 0.29) is 5.41 Å². The van der Waals surface area contributed by atoms with Gasteiger partial charge in [-0.3, -0.25) is 0 Å². The Morgan fingerprint density at radius 1 is 0.900 bits per heavy atom. The van der Waals surface area contributed by atoms with Crippen LogP contribution in [-0.4, -0.2) is 33.1 Å². The van der Waals surface area contributed by atoms with Crippen LogP contribution in [0.4, 0.5) is 0 Å². The van der Waals surface area contributed by atoms with Crippen LogP contribution in [0, 0.1) is 46.3 Å². The van der Waals surface area contributed by atoms with Gasteiger partial charge in [0.25, 0.3) is 0 Å². The molecule has 0 amide bonds. The Bertz CT molecular complexity index is 619. The molecule has 4 aliphatic rings. The molecule has 0 bridgehead atoms. The van der Waals surface area contributed by atoms with Crippen LogP contribution in [0.15, 0.2) is 0 Å². The molecular weight excluding hydrogens is 372 g/mol. The lowest BCUT2D eigenvalue weighted by Crippen LogP contribution is -2.68. The Morgan fingerprint density at radius 3 is 2.33 bits per heavy atom. The molecule has 4 rings (SSSR count). The van der Waals surface area contributed by atoms with Gasteiger partial charge in [-0.05, 0) is 85.9 Å². The van der Waals surface area contributed by atoms with E-state index in [4.69, 9.17) is 0 Å². The van der Waals surface area contributed by atoms with E-state index in [1.165, 1.54) is 44.9 Å². The van der Waals surface area contributed by atoms with Crippen molar-refractivity contribution < 1.29 is 15.3 Å². The first-order valence-electron chi connectivity index (χ1n) is 13.1. The van der Waals surface area contributed by atoms with Crippen molar-refractivity contribution in [2.45, 2.75) is 123 Å². The van der Waals surface area contributed by atoms with Crippen molar-refractivity contribution >= 4 is 0 Å². The topological polar surface area (TPSA) is 60.7 Å². The summed E-state index contributed by atoms with van der Waals surface area (Å²) in [5.74, 6) is 4.13. The molecule has 30 heavy (non-hydrogen) atoms. The van der Waals surface area contributed by atoms with E-state index in [9.17, 15) is 15.3 Å². The van der Waals surface area contributed by atoms with E-state index in [0.717, 1.165) is 37.0 Å². The molecule has 0 aromatic rings. The minimum Gasteiger partial charge on any atom is -0.393 e. The lowest BCUT2D eigenvalue weighted by atomic mass is 9.42. The van der Waals surface area contributed by atoms with Crippen LogP contribution in [-0.2, 0) is 0 Å². The molecule has 174 valence electrons. The lowest BCUT2D eigenvalue weighted by molar-refractivity contribution is -0.264. The molecular formula is C27H48O3. The van der Waals surface area contributed by atoms with Crippen LogP contribution >= 0.6 is 0 Å². The molecule has 3 nitrogen and oxygen atoms in total. The zero-order chi connectivity index (χ0) is 21.9. The summed E-state index contributed by atoms with van der Waals surface area (Å²) < 4.78 is 0. The highest BCUT2D eigenvalue weighted by Gasteiger charge is 2.67. The van der Waals surface area contributed by atoms with E-state index in [2.05, 4.69) is 34.6 Å². The summed E-state index contributed by atoms with van der Waals surface area (Å²) in [6.45, 7) is 12.0. The SMILES string of the molecule is CC(C)CCC[C@@H](C)[C@H]1CCC2[C@@H]3C[C@@H](O)[C@@]4(O)C[C@@H](O)CC[C@]4(C)C3CC[C@@]21C. The van der Waals surface area contributed by atoms with E-state index in [1.807, 2.05) is 0 Å². The van der Waals surface area contributed by atoms with Crippen LogP contribution in [0.2, 0.25) is 0 Å². The summed E-state index contributed by atoms with van der Waals surface area (Å²) in [5.41, 5.74) is -0.962. The molecule has 0 heterocycles. The summed E-state index contributed by atoms with van der Waals surface area (Å²) in [5, 5.41) is 33.0. The van der Waals surface area contributed by atoms with Gasteiger partial charge in [0, 0.05) is 11.8 Å². The van der Waals surface area contributed by atoms with Crippen LogP contribution in [0.5, 0.6) is 0 Å². The lowest BCUT2D eigenvalue weighted by Gasteiger charge is -2.65. The van der Waals surface area contributed by atoms with Crippen LogP contribution in [0.1, 0.15) is 105 Å². The van der Waals surface area contributed by atoms with Crippen LogP contribution < -0.4 is 0 Å². The Balaban J connectivity index is 1.53. The Labute approximate surface area is 185 Å². The number of hydrogen-bond acceptors (Lipinski definition) is 3. The quantitative estimate of drug-likeness (QED) is 0.546. The summed E-state index contributed by atoms with van der Waals surface area (Å²) in [7, 11) is 0. The third-order valence-electron chi connectivity index (χ3n) is 11.0. The highest BCUT2D eigenvalue weighted by molar-refractivity contribution is 5.17. The Hall–Kier alpha value is -0.120. The number of aliphatic hydroxyl groups is 3. The van der Waals surface area contributed by atoms with Gasteiger partial charge in [-0.2, -0.15) is 0 Å². The molecule has 2 unspecified atom stereocenters. The predicted molar refractivity (Wildman–Crippen MR) is 122 cm³/mol. The van der Waals surface area contributed by atoms with Crippen LogP contribution in [0.25, 0.3) is 0 Å². The second kappa shape index (κ2) is 8.03. The second-order valence-corrected chi connectivity index (χ2v) is 12.9. The Morgan fingerprint density at radius 2 is 1.63 bits per heavy atom. The standard InChI is InChI=1S/C27H48O3/c1-17(2)7-6-8-18(3)21-9-10-22-20-15-24(29)27(30)16-19(28)11-14-26(27,5)23(20)12-13-25(21,22)4/h17-24,28-30H,6-16H2,1-5H3/t18-,19+,20+,21-,22?,23?,24-,25-,26-,27+/m1/s1. The summed E-state index contributed by atoms with van der Waals surface area (Å²) >= 11 is 0. The normalized spacial score (nSPS) is 51.9. The number of aliphatic hydroxyl groups excluding tert-OH is 2. The van der Waals surface area contributed by atoms with Crippen molar-refractivity contribution in [3.05, 3.63) is 0 Å². The molecule has 0 aromatic carbocycles. The average Bonchev–Trinajstić information content (AvgIpc) is 3.01. The molecule has 0 spiro atoms. The molecule has 0 saturated heterocycles. The highest BCUT2D eigenvalue weighted by atomic mass is 16.3. The van der Waals surface area contributed by atoms with Gasteiger partial charge in [-0.25, -0.2) is 0 Å². The van der Waals surface area contributed by atoms with Crippen molar-refractivity contribution in [2.24, 2.45) is 46.3 Å². The highest BCUT2D eigenvalue weighted by Crippen LogP contribution is 2.69. The predicted octanol–water partition coefficient (Wildman–Crippen LogP) is 5.55. The zero-order valence-corrected chi connectivity index (χ0v) is 20.2. The van der Waals surface area contributed by atoms with Crippen molar-refractivity contribution in [3.63, 3.8) is 0 Å². The second-order valence-electron chi connectivity index (χ2n) is 12.9. The smallest absolute Gasteiger partial charge is 0.0985 e.